The van der Waals surface area contributed by atoms with Crippen LogP contribution in [0.3, 0.4) is 0 Å². The van der Waals surface area contributed by atoms with Gasteiger partial charge in [-0.05, 0) is 115 Å². The van der Waals surface area contributed by atoms with Crippen LogP contribution in [0.5, 0.6) is 5.75 Å². The van der Waals surface area contributed by atoms with Gasteiger partial charge in [0.2, 0.25) is 5.56 Å². The largest absolute Gasteiger partial charge is 0.506 e. The normalized spacial score (nSPS) is 18.4. The Labute approximate surface area is 357 Å². The predicted octanol–water partition coefficient (Wildman–Crippen LogP) is 8.67. The zero-order valence-electron chi connectivity index (χ0n) is 35.8. The first kappa shape index (κ1) is 42.2. The van der Waals surface area contributed by atoms with Gasteiger partial charge in [-0.3, -0.25) is 19.6 Å². The molecular formula is C48H58N6O6Si. The fourth-order valence-electron chi connectivity index (χ4n) is 8.66. The van der Waals surface area contributed by atoms with Gasteiger partial charge in [0.1, 0.15) is 11.9 Å². The summed E-state index contributed by atoms with van der Waals surface area (Å²) < 4.78 is 14.8. The summed E-state index contributed by atoms with van der Waals surface area (Å²) in [5.41, 5.74) is 7.19. The molecule has 3 fully saturated rings. The topological polar surface area (TPSA) is 154 Å². The smallest absolute Gasteiger partial charge is 0.411 e. The monoisotopic (exact) mass is 842 g/mol. The maximum absolute atomic E-state index is 13.3. The second-order valence-corrected chi connectivity index (χ2v) is 23.0. The molecule has 1 amide bonds. The number of rotatable bonds is 14. The van der Waals surface area contributed by atoms with Crippen molar-refractivity contribution in [3.63, 3.8) is 0 Å². The quantitative estimate of drug-likeness (QED) is 0.0684. The number of phenolic OH excluding ortho intramolecular Hbond substituents is 1. The Morgan fingerprint density at radius 2 is 1.70 bits per heavy atom. The summed E-state index contributed by atoms with van der Waals surface area (Å²) in [6, 6.07) is 29.0. The van der Waals surface area contributed by atoms with Crippen LogP contribution in [0.4, 0.5) is 10.5 Å². The van der Waals surface area contributed by atoms with Gasteiger partial charge in [-0.15, -0.1) is 0 Å². The molecule has 320 valence electrons. The zero-order chi connectivity index (χ0) is 42.9. The number of phenols is 1. The van der Waals surface area contributed by atoms with E-state index in [0.717, 1.165) is 83.1 Å². The van der Waals surface area contributed by atoms with Crippen molar-refractivity contribution in [1.82, 2.24) is 24.8 Å². The van der Waals surface area contributed by atoms with Crippen LogP contribution in [0.25, 0.3) is 33.1 Å². The van der Waals surface area contributed by atoms with E-state index >= 15 is 0 Å². The lowest BCUT2D eigenvalue weighted by atomic mass is 9.86. The summed E-state index contributed by atoms with van der Waals surface area (Å²) >= 11 is 0. The Kier molecular flexibility index (Phi) is 12.1. The van der Waals surface area contributed by atoms with Crippen molar-refractivity contribution in [3.8, 4) is 16.9 Å². The van der Waals surface area contributed by atoms with Crippen LogP contribution in [-0.2, 0) is 28.7 Å². The standard InChI is InChI=1S/C48H58N6O6Si/c1-48(2,3)61(4,5)60-42(36-16-19-41(55)45-37(36)17-20-44(56)52-45)29-49-28-32-14-18-40-39(27-32)50-46(57)54(40)23-9-10-31-13-15-35(33-11-7-6-8-12-33)38(26-31)51-47(58)59-43-30-53-24-21-34(43)22-25-53/h6-8,11-20,26-27,34,42-43,49,55H,9-10,21-25,28-30H2,1-5H3,(H,50,57)(H,51,58)(H,52,56)/t42-,43-/m0/s1. The SMILES string of the molecule is CC(C)(C)[Si](C)(C)O[C@@H](CNCc1ccc2c(c1)[nH]c(=O)n2CCCc1ccc(-c2ccccc2)c(NC(=O)O[C@H]2CN3CCC2CC3)c1)c1ccc(O)c2[nH]c(=O)ccc12. The second-order valence-electron chi connectivity index (χ2n) is 18.3. The maximum Gasteiger partial charge on any atom is 0.411 e. The molecule has 0 aliphatic carbocycles. The highest BCUT2D eigenvalue weighted by Crippen LogP contribution is 2.41. The molecule has 0 radical (unpaired) electrons. The summed E-state index contributed by atoms with van der Waals surface area (Å²) in [6.07, 6.45) is 2.73. The number of aryl methyl sites for hydroxylation is 2. The van der Waals surface area contributed by atoms with Gasteiger partial charge < -0.3 is 29.6 Å². The van der Waals surface area contributed by atoms with Crippen LogP contribution in [0, 0.1) is 5.92 Å². The highest BCUT2D eigenvalue weighted by molar-refractivity contribution is 6.74. The van der Waals surface area contributed by atoms with Crippen molar-refractivity contribution in [2.45, 2.75) is 89.9 Å². The van der Waals surface area contributed by atoms with E-state index in [-0.39, 0.29) is 34.2 Å². The van der Waals surface area contributed by atoms with Crippen molar-refractivity contribution in [1.29, 1.82) is 0 Å². The molecule has 0 spiro atoms. The fourth-order valence-corrected chi connectivity index (χ4v) is 9.94. The molecule has 2 aromatic heterocycles. The van der Waals surface area contributed by atoms with E-state index in [2.05, 4.69) is 71.5 Å². The molecular weight excluding hydrogens is 785 g/mol. The first-order valence-corrected chi connectivity index (χ1v) is 24.5. The van der Waals surface area contributed by atoms with Crippen LogP contribution in [0.2, 0.25) is 18.1 Å². The third-order valence-corrected chi connectivity index (χ3v) is 17.6. The van der Waals surface area contributed by atoms with Crippen LogP contribution < -0.4 is 21.9 Å². The van der Waals surface area contributed by atoms with Gasteiger partial charge >= 0.3 is 11.8 Å². The highest BCUT2D eigenvalue weighted by atomic mass is 28.4. The highest BCUT2D eigenvalue weighted by Gasteiger charge is 2.40. The molecule has 6 aromatic rings. The van der Waals surface area contributed by atoms with Crippen molar-refractivity contribution in [2.75, 3.05) is 31.5 Å². The van der Waals surface area contributed by atoms with Gasteiger partial charge in [-0.25, -0.2) is 9.59 Å². The number of carbonyl (C=O) groups is 1. The minimum atomic E-state index is -2.24. The van der Waals surface area contributed by atoms with E-state index in [0.29, 0.717) is 43.2 Å². The maximum atomic E-state index is 13.3. The number of amides is 1. The minimum Gasteiger partial charge on any atom is -0.506 e. The number of fused-ring (bicyclic) bond motifs is 5. The number of piperidine rings is 3. The molecule has 4 aromatic carbocycles. The van der Waals surface area contributed by atoms with Crippen molar-refractivity contribution >= 4 is 42.0 Å². The van der Waals surface area contributed by atoms with Gasteiger partial charge in [0, 0.05) is 43.2 Å². The Hall–Kier alpha value is -5.47. The molecule has 2 bridgehead atoms. The Morgan fingerprint density at radius 3 is 2.44 bits per heavy atom. The van der Waals surface area contributed by atoms with E-state index in [9.17, 15) is 19.5 Å². The van der Waals surface area contributed by atoms with Gasteiger partial charge in [0.15, 0.2) is 8.32 Å². The van der Waals surface area contributed by atoms with Crippen LogP contribution in [0.1, 0.15) is 62.8 Å². The van der Waals surface area contributed by atoms with E-state index in [1.807, 2.05) is 60.7 Å². The number of aromatic hydroxyl groups is 1. The number of H-pyrrole nitrogens is 2. The fraction of sp³-hybridized carbons (Fsp3) is 0.396. The number of nitrogens with one attached hydrogen (secondary N) is 4. The summed E-state index contributed by atoms with van der Waals surface area (Å²) in [7, 11) is -2.24. The minimum absolute atomic E-state index is 0.0158. The van der Waals surface area contributed by atoms with Gasteiger partial charge in [0.25, 0.3) is 0 Å². The van der Waals surface area contributed by atoms with Crippen molar-refractivity contribution < 1.29 is 19.1 Å². The molecule has 13 heteroatoms. The summed E-state index contributed by atoms with van der Waals surface area (Å²) in [5, 5.41) is 17.9. The molecule has 9 rings (SSSR count). The number of ether oxygens (including phenoxy) is 1. The van der Waals surface area contributed by atoms with Crippen LogP contribution >= 0.6 is 0 Å². The van der Waals surface area contributed by atoms with E-state index in [1.165, 1.54) is 6.07 Å². The third kappa shape index (κ3) is 9.40. The lowest BCUT2D eigenvalue weighted by Crippen LogP contribution is -2.52. The molecule has 0 saturated carbocycles. The molecule has 3 aliphatic rings. The number of anilines is 1. The van der Waals surface area contributed by atoms with E-state index < -0.39 is 14.4 Å². The molecule has 12 nitrogen and oxygen atoms in total. The van der Waals surface area contributed by atoms with Gasteiger partial charge in [-0.2, -0.15) is 0 Å². The molecule has 5 heterocycles. The van der Waals surface area contributed by atoms with E-state index in [4.69, 9.17) is 9.16 Å². The van der Waals surface area contributed by atoms with Crippen molar-refractivity contribution in [3.05, 3.63) is 129 Å². The molecule has 5 N–H and O–H groups in total. The number of hydrogen-bond donors (Lipinski definition) is 5. The Balaban J connectivity index is 0.934. The lowest BCUT2D eigenvalue weighted by molar-refractivity contribution is -0.0289. The number of benzene rings is 4. The average molecular weight is 843 g/mol. The summed E-state index contributed by atoms with van der Waals surface area (Å²) in [4.78, 5) is 46.9. The molecule has 3 aliphatic heterocycles. The van der Waals surface area contributed by atoms with E-state index in [1.54, 1.807) is 16.7 Å². The number of aromatic nitrogens is 3. The Morgan fingerprint density at radius 1 is 0.934 bits per heavy atom. The Bertz CT molecular complexity index is 2640. The number of imidazole rings is 1. The number of aromatic amines is 2. The number of carbonyl (C=O) groups excluding carboxylic acids is 1. The van der Waals surface area contributed by atoms with Crippen LogP contribution in [0.15, 0.2) is 101 Å². The van der Waals surface area contributed by atoms with Gasteiger partial charge in [0.05, 0.1) is 28.3 Å². The number of nitrogens with zero attached hydrogens (tertiary/aromatic N) is 2. The van der Waals surface area contributed by atoms with Gasteiger partial charge in [-0.1, -0.05) is 75.4 Å². The molecule has 0 unspecified atom stereocenters. The zero-order valence-corrected chi connectivity index (χ0v) is 36.8. The summed E-state index contributed by atoms with van der Waals surface area (Å²) in [6.45, 7) is 15.6. The first-order chi connectivity index (χ1) is 29.2. The average Bonchev–Trinajstić information content (AvgIpc) is 3.54. The number of pyridine rings is 1. The van der Waals surface area contributed by atoms with Crippen molar-refractivity contribution in [2.24, 2.45) is 5.92 Å². The first-order valence-electron chi connectivity index (χ1n) is 21.6. The molecule has 2 atom stereocenters. The third-order valence-electron chi connectivity index (χ3n) is 13.1. The second kappa shape index (κ2) is 17.5. The number of hydrogen-bond acceptors (Lipinski definition) is 8. The van der Waals surface area contributed by atoms with Crippen LogP contribution in [-0.4, -0.2) is 71.2 Å². The lowest BCUT2D eigenvalue weighted by Gasteiger charge is -2.43. The molecule has 61 heavy (non-hydrogen) atoms. The summed E-state index contributed by atoms with van der Waals surface area (Å²) in [5.74, 6) is 0.439. The molecule has 3 saturated heterocycles. The predicted molar refractivity (Wildman–Crippen MR) is 245 cm³/mol.